The van der Waals surface area contributed by atoms with Gasteiger partial charge in [0.15, 0.2) is 0 Å². The fraction of sp³-hybridized carbons (Fsp3) is 0.375. The summed E-state index contributed by atoms with van der Waals surface area (Å²) in [5, 5.41) is 0. The molecule has 0 aliphatic rings. The van der Waals surface area contributed by atoms with Gasteiger partial charge in [0, 0.05) is 7.11 Å². The van der Waals surface area contributed by atoms with Crippen LogP contribution in [0.2, 0.25) is 0 Å². The quantitative estimate of drug-likeness (QED) is 0.334. The summed E-state index contributed by atoms with van der Waals surface area (Å²) in [6, 6.07) is 0. The fourth-order valence-electron chi connectivity index (χ4n) is 0.474. The van der Waals surface area contributed by atoms with Crippen molar-refractivity contribution in [3.8, 4) is 0 Å². The lowest BCUT2D eigenvalue weighted by atomic mass is 10.2. The Labute approximate surface area is 61.2 Å². The third-order valence-corrected chi connectivity index (χ3v) is 1.01. The lowest BCUT2D eigenvalue weighted by Crippen LogP contribution is -1.82. The number of ether oxygens (including phenoxy) is 1. The van der Waals surface area contributed by atoms with Crippen molar-refractivity contribution in [1.82, 2.24) is 0 Å². The van der Waals surface area contributed by atoms with Crippen molar-refractivity contribution in [3.05, 3.63) is 23.8 Å². The molecule has 0 aliphatic heterocycles. The van der Waals surface area contributed by atoms with E-state index in [-0.39, 0.29) is 0 Å². The SMILES string of the molecule is COCC=C(C)C=CC=O. The van der Waals surface area contributed by atoms with Gasteiger partial charge < -0.3 is 4.74 Å². The minimum atomic E-state index is 0.592. The van der Waals surface area contributed by atoms with Gasteiger partial charge in [-0.15, -0.1) is 0 Å². The van der Waals surface area contributed by atoms with Crippen LogP contribution in [0, 0.1) is 0 Å². The zero-order chi connectivity index (χ0) is 7.82. The van der Waals surface area contributed by atoms with E-state index in [0.29, 0.717) is 6.61 Å². The van der Waals surface area contributed by atoms with Gasteiger partial charge in [0.1, 0.15) is 6.29 Å². The van der Waals surface area contributed by atoms with E-state index in [1.807, 2.05) is 13.0 Å². The van der Waals surface area contributed by atoms with E-state index in [0.717, 1.165) is 11.9 Å². The van der Waals surface area contributed by atoms with E-state index in [4.69, 9.17) is 4.74 Å². The molecule has 10 heavy (non-hydrogen) atoms. The second kappa shape index (κ2) is 6.23. The Hall–Kier alpha value is -0.890. The van der Waals surface area contributed by atoms with Crippen molar-refractivity contribution in [3.63, 3.8) is 0 Å². The summed E-state index contributed by atoms with van der Waals surface area (Å²) in [5.41, 5.74) is 1.04. The molecule has 0 fully saturated rings. The molecule has 0 radical (unpaired) electrons. The van der Waals surface area contributed by atoms with Crippen LogP contribution < -0.4 is 0 Å². The molecule has 0 bridgehead atoms. The molecule has 0 aromatic rings. The zero-order valence-corrected chi connectivity index (χ0v) is 6.33. The molecule has 0 aromatic carbocycles. The highest BCUT2D eigenvalue weighted by Gasteiger charge is 1.78. The second-order valence-electron chi connectivity index (χ2n) is 1.90. The molecule has 0 saturated heterocycles. The number of carbonyl (C=O) groups excluding carboxylic acids is 1. The third kappa shape index (κ3) is 5.25. The van der Waals surface area contributed by atoms with Gasteiger partial charge in [-0.25, -0.2) is 0 Å². The summed E-state index contributed by atoms with van der Waals surface area (Å²) >= 11 is 0. The summed E-state index contributed by atoms with van der Waals surface area (Å²) in [6.45, 7) is 2.51. The molecule has 0 aliphatic carbocycles. The zero-order valence-electron chi connectivity index (χ0n) is 6.33. The normalized spacial score (nSPS) is 12.4. The Balaban J connectivity index is 3.69. The maximum atomic E-state index is 9.84. The minimum Gasteiger partial charge on any atom is -0.381 e. The minimum absolute atomic E-state index is 0.592. The first-order chi connectivity index (χ1) is 4.81. The van der Waals surface area contributed by atoms with Crippen molar-refractivity contribution in [2.45, 2.75) is 6.92 Å². The lowest BCUT2D eigenvalue weighted by molar-refractivity contribution is -0.104. The lowest BCUT2D eigenvalue weighted by Gasteiger charge is -1.90. The number of carbonyl (C=O) groups is 1. The first-order valence-electron chi connectivity index (χ1n) is 3.08. The Bertz CT molecular complexity index is 145. The molecule has 0 saturated carbocycles. The average molecular weight is 140 g/mol. The summed E-state index contributed by atoms with van der Waals surface area (Å²) in [6.07, 6.45) is 5.86. The summed E-state index contributed by atoms with van der Waals surface area (Å²) < 4.78 is 4.79. The highest BCUT2D eigenvalue weighted by molar-refractivity contribution is 5.65. The van der Waals surface area contributed by atoms with Crippen molar-refractivity contribution >= 4 is 6.29 Å². The largest absolute Gasteiger partial charge is 0.381 e. The van der Waals surface area contributed by atoms with Crippen LogP contribution in [0.3, 0.4) is 0 Å². The molecular formula is C8H12O2. The van der Waals surface area contributed by atoms with E-state index < -0.39 is 0 Å². The summed E-state index contributed by atoms with van der Waals surface area (Å²) in [4.78, 5) is 9.84. The highest BCUT2D eigenvalue weighted by Crippen LogP contribution is 1.92. The predicted molar refractivity (Wildman–Crippen MR) is 40.8 cm³/mol. The van der Waals surface area contributed by atoms with Crippen LogP contribution in [0.1, 0.15) is 6.92 Å². The molecule has 2 nitrogen and oxygen atoms in total. The Kier molecular flexibility index (Phi) is 5.68. The maximum Gasteiger partial charge on any atom is 0.142 e. The van der Waals surface area contributed by atoms with Crippen LogP contribution >= 0.6 is 0 Å². The van der Waals surface area contributed by atoms with E-state index in [2.05, 4.69) is 0 Å². The van der Waals surface area contributed by atoms with E-state index >= 15 is 0 Å². The Morgan fingerprint density at radius 2 is 2.30 bits per heavy atom. The molecule has 2 heteroatoms. The van der Waals surface area contributed by atoms with E-state index in [1.54, 1.807) is 13.2 Å². The molecular weight excluding hydrogens is 128 g/mol. The van der Waals surface area contributed by atoms with Gasteiger partial charge in [-0.3, -0.25) is 4.79 Å². The van der Waals surface area contributed by atoms with Gasteiger partial charge in [-0.2, -0.15) is 0 Å². The standard InChI is InChI=1S/C8H12O2/c1-8(4-3-6-9)5-7-10-2/h3-6H,7H2,1-2H3. The number of hydrogen-bond acceptors (Lipinski definition) is 2. The molecule has 0 N–H and O–H groups in total. The fourth-order valence-corrected chi connectivity index (χ4v) is 0.474. The van der Waals surface area contributed by atoms with Crippen LogP contribution in [-0.4, -0.2) is 20.0 Å². The van der Waals surface area contributed by atoms with Gasteiger partial charge in [0.2, 0.25) is 0 Å². The topological polar surface area (TPSA) is 26.3 Å². The molecule has 56 valence electrons. The summed E-state index contributed by atoms with van der Waals surface area (Å²) in [5.74, 6) is 0. The first-order valence-corrected chi connectivity index (χ1v) is 3.08. The van der Waals surface area contributed by atoms with Crippen LogP contribution in [-0.2, 0) is 9.53 Å². The third-order valence-electron chi connectivity index (χ3n) is 1.01. The Morgan fingerprint density at radius 3 is 2.80 bits per heavy atom. The Morgan fingerprint density at radius 1 is 1.60 bits per heavy atom. The smallest absolute Gasteiger partial charge is 0.142 e. The van der Waals surface area contributed by atoms with Gasteiger partial charge in [0.05, 0.1) is 6.61 Å². The van der Waals surface area contributed by atoms with Crippen LogP contribution in [0.25, 0.3) is 0 Å². The molecule has 0 heterocycles. The number of aldehydes is 1. The van der Waals surface area contributed by atoms with Crippen molar-refractivity contribution in [2.24, 2.45) is 0 Å². The van der Waals surface area contributed by atoms with E-state index in [1.165, 1.54) is 6.08 Å². The molecule has 0 rings (SSSR count). The molecule has 0 spiro atoms. The second-order valence-corrected chi connectivity index (χ2v) is 1.90. The number of allylic oxidation sites excluding steroid dienone is 3. The first kappa shape index (κ1) is 9.11. The average Bonchev–Trinajstić information content (AvgIpc) is 1.97. The molecule has 0 aromatic heterocycles. The monoisotopic (exact) mass is 140 g/mol. The maximum absolute atomic E-state index is 9.84. The number of rotatable bonds is 4. The van der Waals surface area contributed by atoms with Gasteiger partial charge >= 0.3 is 0 Å². The van der Waals surface area contributed by atoms with Crippen LogP contribution in [0.5, 0.6) is 0 Å². The van der Waals surface area contributed by atoms with Crippen molar-refractivity contribution < 1.29 is 9.53 Å². The molecule has 0 unspecified atom stereocenters. The van der Waals surface area contributed by atoms with Gasteiger partial charge in [0.25, 0.3) is 0 Å². The van der Waals surface area contributed by atoms with Crippen molar-refractivity contribution in [1.29, 1.82) is 0 Å². The van der Waals surface area contributed by atoms with Crippen LogP contribution in [0.15, 0.2) is 23.8 Å². The molecule has 0 atom stereocenters. The van der Waals surface area contributed by atoms with Crippen molar-refractivity contribution in [2.75, 3.05) is 13.7 Å². The highest BCUT2D eigenvalue weighted by atomic mass is 16.5. The number of methoxy groups -OCH3 is 1. The predicted octanol–water partition coefficient (Wildman–Crippen LogP) is 1.33. The molecule has 0 amide bonds. The van der Waals surface area contributed by atoms with E-state index in [9.17, 15) is 4.79 Å². The van der Waals surface area contributed by atoms with Crippen LogP contribution in [0.4, 0.5) is 0 Å². The van der Waals surface area contributed by atoms with Gasteiger partial charge in [-0.05, 0) is 13.0 Å². The van der Waals surface area contributed by atoms with Gasteiger partial charge in [-0.1, -0.05) is 17.7 Å². The number of hydrogen-bond donors (Lipinski definition) is 0. The summed E-state index contributed by atoms with van der Waals surface area (Å²) in [7, 11) is 1.63.